The Labute approximate surface area is 162 Å². The second-order valence-electron chi connectivity index (χ2n) is 8.19. The van der Waals surface area contributed by atoms with Gasteiger partial charge in [0.1, 0.15) is 0 Å². The molecule has 1 aliphatic carbocycles. The van der Waals surface area contributed by atoms with Gasteiger partial charge in [-0.3, -0.25) is 9.59 Å². The van der Waals surface area contributed by atoms with Crippen LogP contribution in [0.3, 0.4) is 0 Å². The third-order valence-electron chi connectivity index (χ3n) is 6.16. The Hall–Kier alpha value is -1.88. The van der Waals surface area contributed by atoms with Crippen molar-refractivity contribution in [2.45, 2.75) is 64.6 Å². The first-order valence-electron chi connectivity index (χ1n) is 10.4. The zero-order valence-corrected chi connectivity index (χ0v) is 16.6. The standard InChI is InChI=1S/C22H33N3O2/c1-3-16(2)20(23)22(27)24-13-11-18(12-14-24)21(26)25(19-9-10-19)15-17-7-5-4-6-8-17/h4-8,16,18-20H,3,9-15,23H2,1-2H3. The molecule has 0 spiro atoms. The summed E-state index contributed by atoms with van der Waals surface area (Å²) in [5, 5.41) is 0. The van der Waals surface area contributed by atoms with Gasteiger partial charge in [-0.2, -0.15) is 0 Å². The lowest BCUT2D eigenvalue weighted by Crippen LogP contribution is -2.51. The van der Waals surface area contributed by atoms with Gasteiger partial charge in [-0.25, -0.2) is 0 Å². The van der Waals surface area contributed by atoms with Crippen molar-refractivity contribution in [3.05, 3.63) is 35.9 Å². The van der Waals surface area contributed by atoms with Crippen LogP contribution < -0.4 is 5.73 Å². The molecule has 0 aromatic heterocycles. The first kappa shape index (κ1) is 19.9. The van der Waals surface area contributed by atoms with Gasteiger partial charge in [0.25, 0.3) is 0 Å². The number of hydrogen-bond acceptors (Lipinski definition) is 3. The van der Waals surface area contributed by atoms with Crippen molar-refractivity contribution in [2.24, 2.45) is 17.6 Å². The Morgan fingerprint density at radius 2 is 1.78 bits per heavy atom. The number of rotatable bonds is 7. The Morgan fingerprint density at radius 3 is 2.33 bits per heavy atom. The molecule has 2 atom stereocenters. The fraction of sp³-hybridized carbons (Fsp3) is 0.636. The molecule has 2 amide bonds. The van der Waals surface area contributed by atoms with Crippen LogP contribution in [0.5, 0.6) is 0 Å². The average Bonchev–Trinajstić information content (AvgIpc) is 3.56. The lowest BCUT2D eigenvalue weighted by Gasteiger charge is -2.36. The van der Waals surface area contributed by atoms with Crippen molar-refractivity contribution >= 4 is 11.8 Å². The summed E-state index contributed by atoms with van der Waals surface area (Å²) in [7, 11) is 0. The molecule has 1 saturated heterocycles. The largest absolute Gasteiger partial charge is 0.341 e. The summed E-state index contributed by atoms with van der Waals surface area (Å²) in [6.45, 7) is 6.06. The molecule has 5 heteroatoms. The molecule has 0 radical (unpaired) electrons. The van der Waals surface area contributed by atoms with Crippen molar-refractivity contribution in [3.8, 4) is 0 Å². The van der Waals surface area contributed by atoms with Crippen molar-refractivity contribution in [1.29, 1.82) is 0 Å². The highest BCUT2D eigenvalue weighted by atomic mass is 16.2. The predicted octanol–water partition coefficient (Wildman–Crippen LogP) is 2.79. The van der Waals surface area contributed by atoms with Crippen LogP contribution in [0, 0.1) is 11.8 Å². The summed E-state index contributed by atoms with van der Waals surface area (Å²) in [5.41, 5.74) is 7.30. The van der Waals surface area contributed by atoms with Gasteiger partial charge in [0.05, 0.1) is 6.04 Å². The van der Waals surface area contributed by atoms with Crippen LogP contribution in [0.2, 0.25) is 0 Å². The highest BCUT2D eigenvalue weighted by molar-refractivity contribution is 5.83. The van der Waals surface area contributed by atoms with E-state index in [1.165, 1.54) is 5.56 Å². The number of likely N-dealkylation sites (tertiary alicyclic amines) is 1. The van der Waals surface area contributed by atoms with Gasteiger partial charge in [-0.05, 0) is 37.2 Å². The smallest absolute Gasteiger partial charge is 0.239 e. The normalized spacial score (nSPS) is 20.2. The minimum atomic E-state index is -0.428. The highest BCUT2D eigenvalue weighted by Crippen LogP contribution is 2.32. The molecule has 2 aliphatic rings. The molecule has 1 heterocycles. The van der Waals surface area contributed by atoms with Gasteiger partial charge in [-0.1, -0.05) is 50.6 Å². The van der Waals surface area contributed by atoms with Gasteiger partial charge < -0.3 is 15.5 Å². The van der Waals surface area contributed by atoms with Gasteiger partial charge >= 0.3 is 0 Å². The van der Waals surface area contributed by atoms with E-state index in [2.05, 4.69) is 24.0 Å². The number of nitrogens with zero attached hydrogens (tertiary/aromatic N) is 2. The van der Waals surface area contributed by atoms with Gasteiger partial charge in [-0.15, -0.1) is 0 Å². The van der Waals surface area contributed by atoms with E-state index in [-0.39, 0.29) is 23.7 Å². The van der Waals surface area contributed by atoms with E-state index in [0.29, 0.717) is 25.7 Å². The first-order chi connectivity index (χ1) is 13.0. The third kappa shape index (κ3) is 4.89. The molecule has 27 heavy (non-hydrogen) atoms. The Morgan fingerprint density at radius 1 is 1.15 bits per heavy atom. The number of carbonyl (C=O) groups is 2. The molecular formula is C22H33N3O2. The molecule has 1 aromatic carbocycles. The molecule has 1 saturated carbocycles. The number of nitrogens with two attached hydrogens (primary N) is 1. The number of amides is 2. The summed E-state index contributed by atoms with van der Waals surface area (Å²) in [5.74, 6) is 0.518. The van der Waals surface area contributed by atoms with Gasteiger partial charge in [0.2, 0.25) is 11.8 Å². The van der Waals surface area contributed by atoms with E-state index >= 15 is 0 Å². The highest BCUT2D eigenvalue weighted by Gasteiger charge is 2.38. The molecule has 148 valence electrons. The summed E-state index contributed by atoms with van der Waals surface area (Å²) < 4.78 is 0. The summed E-state index contributed by atoms with van der Waals surface area (Å²) in [4.78, 5) is 29.7. The molecule has 2 fully saturated rings. The zero-order chi connectivity index (χ0) is 19.4. The topological polar surface area (TPSA) is 66.6 Å². The summed E-state index contributed by atoms with van der Waals surface area (Å²) in [6, 6.07) is 10.2. The van der Waals surface area contributed by atoms with Crippen molar-refractivity contribution < 1.29 is 9.59 Å². The molecule has 2 unspecified atom stereocenters. The minimum absolute atomic E-state index is 0.0261. The molecule has 1 aliphatic heterocycles. The Balaban J connectivity index is 1.56. The summed E-state index contributed by atoms with van der Waals surface area (Å²) >= 11 is 0. The Kier molecular flexibility index (Phi) is 6.53. The molecule has 1 aromatic rings. The molecule has 3 rings (SSSR count). The van der Waals surface area contributed by atoms with Crippen LogP contribution in [-0.4, -0.2) is 46.8 Å². The van der Waals surface area contributed by atoms with E-state index in [0.717, 1.165) is 32.1 Å². The quantitative estimate of drug-likeness (QED) is 0.801. The number of hydrogen-bond donors (Lipinski definition) is 1. The summed E-state index contributed by atoms with van der Waals surface area (Å²) in [6.07, 6.45) is 4.61. The Bertz CT molecular complexity index is 636. The molecular weight excluding hydrogens is 338 g/mol. The maximum atomic E-state index is 13.1. The minimum Gasteiger partial charge on any atom is -0.341 e. The van der Waals surface area contributed by atoms with E-state index in [4.69, 9.17) is 5.73 Å². The van der Waals surface area contributed by atoms with Crippen molar-refractivity contribution in [2.75, 3.05) is 13.1 Å². The fourth-order valence-electron chi connectivity index (χ4n) is 3.84. The van der Waals surface area contributed by atoms with Crippen LogP contribution in [0.4, 0.5) is 0 Å². The first-order valence-corrected chi connectivity index (χ1v) is 10.4. The van der Waals surface area contributed by atoms with Crippen LogP contribution in [0.25, 0.3) is 0 Å². The van der Waals surface area contributed by atoms with Crippen LogP contribution in [0.1, 0.15) is 51.5 Å². The van der Waals surface area contributed by atoms with E-state index < -0.39 is 6.04 Å². The van der Waals surface area contributed by atoms with Crippen molar-refractivity contribution in [1.82, 2.24) is 9.80 Å². The van der Waals surface area contributed by atoms with Crippen LogP contribution >= 0.6 is 0 Å². The monoisotopic (exact) mass is 371 g/mol. The maximum Gasteiger partial charge on any atom is 0.239 e. The van der Waals surface area contributed by atoms with Crippen LogP contribution in [0.15, 0.2) is 30.3 Å². The maximum absolute atomic E-state index is 13.1. The van der Waals surface area contributed by atoms with E-state index in [1.54, 1.807) is 0 Å². The molecule has 2 N–H and O–H groups in total. The predicted molar refractivity (Wildman–Crippen MR) is 107 cm³/mol. The number of piperidine rings is 1. The second-order valence-corrected chi connectivity index (χ2v) is 8.19. The van der Waals surface area contributed by atoms with Crippen LogP contribution in [-0.2, 0) is 16.1 Å². The average molecular weight is 372 g/mol. The molecule has 5 nitrogen and oxygen atoms in total. The second kappa shape index (κ2) is 8.87. The fourth-order valence-corrected chi connectivity index (χ4v) is 3.84. The van der Waals surface area contributed by atoms with Gasteiger partial charge in [0, 0.05) is 31.6 Å². The van der Waals surface area contributed by atoms with E-state index in [9.17, 15) is 9.59 Å². The van der Waals surface area contributed by atoms with E-state index in [1.807, 2.05) is 30.0 Å². The number of benzene rings is 1. The number of carbonyl (C=O) groups excluding carboxylic acids is 2. The van der Waals surface area contributed by atoms with Crippen molar-refractivity contribution in [3.63, 3.8) is 0 Å². The third-order valence-corrected chi connectivity index (χ3v) is 6.16. The SMILES string of the molecule is CCC(C)C(N)C(=O)N1CCC(C(=O)N(Cc2ccccc2)C2CC2)CC1. The van der Waals surface area contributed by atoms with Gasteiger partial charge in [0.15, 0.2) is 0 Å². The molecule has 0 bridgehead atoms. The lowest BCUT2D eigenvalue weighted by molar-refractivity contribution is -0.142. The lowest BCUT2D eigenvalue weighted by atomic mass is 9.93. The zero-order valence-electron chi connectivity index (χ0n) is 16.6.